The summed E-state index contributed by atoms with van der Waals surface area (Å²) in [7, 11) is 3.06. The fraction of sp³-hybridized carbons (Fsp3) is 0.316. The predicted molar refractivity (Wildman–Crippen MR) is 102 cm³/mol. The third-order valence-corrected chi connectivity index (χ3v) is 4.44. The van der Waals surface area contributed by atoms with Crippen LogP contribution >= 0.6 is 11.6 Å². The number of benzene rings is 2. The molecule has 0 radical (unpaired) electrons. The van der Waals surface area contributed by atoms with Crippen LogP contribution in [-0.4, -0.2) is 33.0 Å². The van der Waals surface area contributed by atoms with Gasteiger partial charge in [-0.2, -0.15) is 0 Å². The van der Waals surface area contributed by atoms with Gasteiger partial charge in [0.25, 0.3) is 0 Å². The summed E-state index contributed by atoms with van der Waals surface area (Å²) in [5.74, 6) is 2.25. The largest absolute Gasteiger partial charge is 0.495 e. The number of carbonyl (C=O) groups excluding carboxylic acids is 1. The zero-order valence-corrected chi connectivity index (χ0v) is 16.1. The summed E-state index contributed by atoms with van der Waals surface area (Å²) in [6.45, 7) is 2.36. The lowest BCUT2D eigenvalue weighted by molar-refractivity contribution is -0.121. The number of nitrogens with one attached hydrogen (secondary N) is 2. The second-order valence-corrected chi connectivity index (χ2v) is 6.37. The first-order chi connectivity index (χ1) is 13.0. The number of anilines is 1. The Labute approximate surface area is 162 Å². The van der Waals surface area contributed by atoms with Gasteiger partial charge >= 0.3 is 0 Å². The standard InChI is InChI=1S/C19H21ClN2O5/c1-11(22-14-8-16(24-2)13(20)7-17(14)25-3)19(23)21-9-12-4-5-15-18(6-12)27-10-26-15/h4-8,11,22H,9-10H2,1-3H3,(H,21,23)/t11-/m1/s1. The fourth-order valence-electron chi connectivity index (χ4n) is 2.67. The van der Waals surface area contributed by atoms with E-state index < -0.39 is 6.04 Å². The molecule has 0 saturated heterocycles. The second kappa shape index (κ2) is 8.26. The minimum absolute atomic E-state index is 0.163. The van der Waals surface area contributed by atoms with Crippen LogP contribution in [0.3, 0.4) is 0 Å². The van der Waals surface area contributed by atoms with Crippen LogP contribution in [-0.2, 0) is 11.3 Å². The average molecular weight is 393 g/mol. The third kappa shape index (κ3) is 4.31. The Morgan fingerprint density at radius 2 is 1.89 bits per heavy atom. The first-order valence-electron chi connectivity index (χ1n) is 8.36. The van der Waals surface area contributed by atoms with Crippen LogP contribution in [0.25, 0.3) is 0 Å². The monoisotopic (exact) mass is 392 g/mol. The molecular formula is C19H21ClN2O5. The van der Waals surface area contributed by atoms with Gasteiger partial charge in [0.05, 0.1) is 24.9 Å². The zero-order valence-electron chi connectivity index (χ0n) is 15.3. The molecule has 0 fully saturated rings. The Morgan fingerprint density at radius 1 is 1.15 bits per heavy atom. The van der Waals surface area contributed by atoms with Crippen LogP contribution in [0.15, 0.2) is 30.3 Å². The summed E-state index contributed by atoms with van der Waals surface area (Å²) in [6, 6.07) is 8.41. The number of carbonyl (C=O) groups is 1. The van der Waals surface area contributed by atoms with Gasteiger partial charge in [0.15, 0.2) is 11.5 Å². The molecule has 27 heavy (non-hydrogen) atoms. The highest BCUT2D eigenvalue weighted by Gasteiger charge is 2.18. The average Bonchev–Trinajstić information content (AvgIpc) is 3.14. The lowest BCUT2D eigenvalue weighted by atomic mass is 10.2. The van der Waals surface area contributed by atoms with E-state index in [0.29, 0.717) is 40.3 Å². The molecule has 0 spiro atoms. The molecule has 2 aromatic rings. The van der Waals surface area contributed by atoms with Crippen LogP contribution in [0.5, 0.6) is 23.0 Å². The maximum absolute atomic E-state index is 12.4. The van der Waals surface area contributed by atoms with Gasteiger partial charge in [0.2, 0.25) is 12.7 Å². The van der Waals surface area contributed by atoms with Gasteiger partial charge in [0.1, 0.15) is 17.5 Å². The molecule has 7 nitrogen and oxygen atoms in total. The summed E-state index contributed by atoms with van der Waals surface area (Å²) in [5, 5.41) is 6.44. The Bertz CT molecular complexity index is 843. The van der Waals surface area contributed by atoms with Crippen LogP contribution in [0.4, 0.5) is 5.69 Å². The molecule has 1 aliphatic rings. The normalized spacial score (nSPS) is 13.0. The number of methoxy groups -OCH3 is 2. The van der Waals surface area contributed by atoms with E-state index >= 15 is 0 Å². The number of halogens is 1. The van der Waals surface area contributed by atoms with Crippen molar-refractivity contribution in [2.24, 2.45) is 0 Å². The van der Waals surface area contributed by atoms with Gasteiger partial charge in [-0.05, 0) is 24.6 Å². The molecule has 1 amide bonds. The van der Waals surface area contributed by atoms with Gasteiger partial charge in [-0.1, -0.05) is 17.7 Å². The lowest BCUT2D eigenvalue weighted by Gasteiger charge is -2.18. The van der Waals surface area contributed by atoms with Crippen molar-refractivity contribution in [3.8, 4) is 23.0 Å². The topological polar surface area (TPSA) is 78.1 Å². The molecule has 144 valence electrons. The summed E-state index contributed by atoms with van der Waals surface area (Å²) < 4.78 is 21.2. The molecule has 0 bridgehead atoms. The minimum Gasteiger partial charge on any atom is -0.495 e. The minimum atomic E-state index is -0.501. The predicted octanol–water partition coefficient (Wildman–Crippen LogP) is 3.20. The summed E-state index contributed by atoms with van der Waals surface area (Å²) >= 11 is 6.11. The molecule has 8 heteroatoms. The Morgan fingerprint density at radius 3 is 2.63 bits per heavy atom. The highest BCUT2D eigenvalue weighted by molar-refractivity contribution is 6.32. The first kappa shape index (κ1) is 19.0. The smallest absolute Gasteiger partial charge is 0.242 e. The SMILES string of the molecule is COc1cc(N[C@H](C)C(=O)NCc2ccc3c(c2)OCO3)c(OC)cc1Cl. The van der Waals surface area contributed by atoms with E-state index in [-0.39, 0.29) is 12.7 Å². The molecule has 0 unspecified atom stereocenters. The van der Waals surface area contributed by atoms with Gasteiger partial charge in [-0.15, -0.1) is 0 Å². The van der Waals surface area contributed by atoms with Gasteiger partial charge in [-0.3, -0.25) is 4.79 Å². The summed E-state index contributed by atoms with van der Waals surface area (Å²) in [5.41, 5.74) is 1.54. The van der Waals surface area contributed by atoms with E-state index in [0.717, 1.165) is 5.56 Å². The highest BCUT2D eigenvalue weighted by Crippen LogP contribution is 2.36. The van der Waals surface area contributed by atoms with Crippen molar-refractivity contribution in [1.82, 2.24) is 5.32 Å². The molecule has 2 aromatic carbocycles. The number of fused-ring (bicyclic) bond motifs is 1. The van der Waals surface area contributed by atoms with Crippen molar-refractivity contribution in [2.45, 2.75) is 19.5 Å². The highest BCUT2D eigenvalue weighted by atomic mass is 35.5. The van der Waals surface area contributed by atoms with E-state index in [9.17, 15) is 4.79 Å². The Kier molecular flexibility index (Phi) is 5.81. The van der Waals surface area contributed by atoms with Crippen LogP contribution in [0, 0.1) is 0 Å². The van der Waals surface area contributed by atoms with Crippen molar-refractivity contribution in [3.63, 3.8) is 0 Å². The van der Waals surface area contributed by atoms with Crippen molar-refractivity contribution < 1.29 is 23.7 Å². The zero-order chi connectivity index (χ0) is 19.4. The second-order valence-electron chi connectivity index (χ2n) is 5.96. The first-order valence-corrected chi connectivity index (χ1v) is 8.74. The van der Waals surface area contributed by atoms with Crippen LogP contribution in [0.2, 0.25) is 5.02 Å². The fourth-order valence-corrected chi connectivity index (χ4v) is 2.90. The van der Waals surface area contributed by atoms with E-state index in [1.54, 1.807) is 19.1 Å². The van der Waals surface area contributed by atoms with Crippen molar-refractivity contribution in [1.29, 1.82) is 0 Å². The van der Waals surface area contributed by atoms with E-state index in [1.807, 2.05) is 18.2 Å². The summed E-state index contributed by atoms with van der Waals surface area (Å²) in [6.07, 6.45) is 0. The number of hydrogen-bond acceptors (Lipinski definition) is 6. The molecular weight excluding hydrogens is 372 g/mol. The van der Waals surface area contributed by atoms with Crippen molar-refractivity contribution >= 4 is 23.2 Å². The molecule has 3 rings (SSSR count). The molecule has 0 aromatic heterocycles. The maximum atomic E-state index is 12.4. The molecule has 0 aliphatic carbocycles. The van der Waals surface area contributed by atoms with Crippen molar-refractivity contribution in [3.05, 3.63) is 40.9 Å². The summed E-state index contributed by atoms with van der Waals surface area (Å²) in [4.78, 5) is 12.4. The van der Waals surface area contributed by atoms with Gasteiger partial charge in [-0.25, -0.2) is 0 Å². The number of ether oxygens (including phenoxy) is 4. The number of hydrogen-bond donors (Lipinski definition) is 2. The van der Waals surface area contributed by atoms with Crippen LogP contribution < -0.4 is 29.6 Å². The van der Waals surface area contributed by atoms with Gasteiger partial charge < -0.3 is 29.6 Å². The van der Waals surface area contributed by atoms with Gasteiger partial charge in [0, 0.05) is 18.7 Å². The van der Waals surface area contributed by atoms with Crippen LogP contribution in [0.1, 0.15) is 12.5 Å². The number of amides is 1. The third-order valence-electron chi connectivity index (χ3n) is 4.14. The maximum Gasteiger partial charge on any atom is 0.242 e. The lowest BCUT2D eigenvalue weighted by Crippen LogP contribution is -2.37. The Hall–Kier alpha value is -2.80. The molecule has 1 atom stereocenters. The van der Waals surface area contributed by atoms with E-state index in [1.165, 1.54) is 14.2 Å². The van der Waals surface area contributed by atoms with E-state index in [2.05, 4.69) is 10.6 Å². The number of rotatable bonds is 7. The molecule has 2 N–H and O–H groups in total. The molecule has 1 heterocycles. The Balaban J connectivity index is 1.62. The van der Waals surface area contributed by atoms with Crippen molar-refractivity contribution in [2.75, 3.05) is 26.3 Å². The molecule has 1 aliphatic heterocycles. The molecule has 0 saturated carbocycles. The quantitative estimate of drug-likeness (QED) is 0.753. The van der Waals surface area contributed by atoms with E-state index in [4.69, 9.17) is 30.5 Å².